The van der Waals surface area contributed by atoms with Crippen LogP contribution in [0.2, 0.25) is 0 Å². The molecule has 0 aliphatic heterocycles. The predicted octanol–water partition coefficient (Wildman–Crippen LogP) is 2.86. The molecule has 1 unspecified atom stereocenters. The van der Waals surface area contributed by atoms with E-state index in [-0.39, 0.29) is 16.8 Å². The molecule has 6 heteroatoms. The van der Waals surface area contributed by atoms with Gasteiger partial charge in [-0.15, -0.1) is 0 Å². The van der Waals surface area contributed by atoms with Crippen LogP contribution in [0.25, 0.3) is 11.1 Å². The van der Waals surface area contributed by atoms with Crippen LogP contribution in [-0.2, 0) is 16.6 Å². The molecule has 0 saturated heterocycles. The molecule has 1 atom stereocenters. The van der Waals surface area contributed by atoms with Crippen molar-refractivity contribution in [3.8, 4) is 0 Å². The van der Waals surface area contributed by atoms with E-state index in [0.717, 1.165) is 5.56 Å². The van der Waals surface area contributed by atoms with Crippen molar-refractivity contribution in [2.24, 2.45) is 0 Å². The fourth-order valence-electron chi connectivity index (χ4n) is 1.81. The summed E-state index contributed by atoms with van der Waals surface area (Å²) in [6, 6.07) is 10.9. The Morgan fingerprint density at radius 3 is 2.70 bits per heavy atom. The molecule has 0 amide bonds. The Labute approximate surface area is 116 Å². The molecule has 4 nitrogen and oxygen atoms in total. The molecule has 1 heterocycles. The summed E-state index contributed by atoms with van der Waals surface area (Å²) in [6.07, 6.45) is 0. The lowest BCUT2D eigenvalue weighted by molar-refractivity contribution is 0.477. The highest BCUT2D eigenvalue weighted by molar-refractivity contribution is 7.84. The summed E-state index contributed by atoms with van der Waals surface area (Å²) in [6.45, 7) is 0. The fraction of sp³-hybridized carbons (Fsp3) is 0.0714. The molecule has 3 aromatic rings. The Morgan fingerprint density at radius 1 is 1.20 bits per heavy atom. The second-order valence-electron chi connectivity index (χ2n) is 4.32. The maximum absolute atomic E-state index is 12.8. The van der Waals surface area contributed by atoms with Gasteiger partial charge in [-0.1, -0.05) is 12.1 Å². The van der Waals surface area contributed by atoms with E-state index in [9.17, 15) is 8.60 Å². The first kappa shape index (κ1) is 12.8. The van der Waals surface area contributed by atoms with Gasteiger partial charge in [-0.05, 0) is 35.9 Å². The zero-order chi connectivity index (χ0) is 14.1. The van der Waals surface area contributed by atoms with E-state index in [2.05, 4.69) is 4.98 Å². The number of fused-ring (bicyclic) bond motifs is 1. The lowest BCUT2D eigenvalue weighted by Crippen LogP contribution is -1.96. The van der Waals surface area contributed by atoms with Crippen molar-refractivity contribution in [1.29, 1.82) is 0 Å². The van der Waals surface area contributed by atoms with E-state index in [0.29, 0.717) is 16.8 Å². The Hall–Kier alpha value is -2.21. The largest absolute Gasteiger partial charge is 0.430 e. The molecule has 0 fully saturated rings. The molecule has 2 N–H and O–H groups in total. The molecule has 0 radical (unpaired) electrons. The average molecular weight is 290 g/mol. The second-order valence-corrected chi connectivity index (χ2v) is 5.65. The summed E-state index contributed by atoms with van der Waals surface area (Å²) < 4.78 is 30.4. The molecule has 0 spiro atoms. The molecule has 1 aromatic heterocycles. The normalized spacial score (nSPS) is 12.7. The van der Waals surface area contributed by atoms with Gasteiger partial charge in [0.05, 0.1) is 5.75 Å². The van der Waals surface area contributed by atoms with Crippen LogP contribution in [0.5, 0.6) is 0 Å². The van der Waals surface area contributed by atoms with Crippen molar-refractivity contribution >= 4 is 27.6 Å². The van der Waals surface area contributed by atoms with Crippen LogP contribution in [-0.4, -0.2) is 9.19 Å². The minimum absolute atomic E-state index is 0.148. The number of nitrogens with two attached hydrogens (primary N) is 1. The lowest BCUT2D eigenvalue weighted by atomic mass is 10.2. The number of anilines is 1. The molecule has 0 saturated carbocycles. The first-order valence-electron chi connectivity index (χ1n) is 5.91. The van der Waals surface area contributed by atoms with Crippen LogP contribution < -0.4 is 5.73 Å². The predicted molar refractivity (Wildman–Crippen MR) is 74.9 cm³/mol. The van der Waals surface area contributed by atoms with Crippen LogP contribution in [0.3, 0.4) is 0 Å². The van der Waals surface area contributed by atoms with E-state index in [4.69, 9.17) is 10.2 Å². The minimum Gasteiger partial charge on any atom is -0.430 e. The zero-order valence-electron chi connectivity index (χ0n) is 10.4. The number of hydrogen-bond donors (Lipinski definition) is 1. The number of benzene rings is 2. The number of nitrogens with zero attached hydrogens (tertiary/aromatic N) is 1. The van der Waals surface area contributed by atoms with Crippen molar-refractivity contribution in [2.45, 2.75) is 11.0 Å². The Balaban J connectivity index is 1.86. The Morgan fingerprint density at radius 2 is 1.95 bits per heavy atom. The standard InChI is InChI=1S/C14H11FN2O2S/c15-10-3-1-9(2-4-10)8-20(18)14-17-12-7-11(16)5-6-13(12)19-14/h1-7H,8,16H2. The van der Waals surface area contributed by atoms with Crippen molar-refractivity contribution in [3.63, 3.8) is 0 Å². The van der Waals surface area contributed by atoms with Gasteiger partial charge in [0, 0.05) is 5.69 Å². The Kier molecular flexibility index (Phi) is 3.23. The molecule has 20 heavy (non-hydrogen) atoms. The molecule has 3 rings (SSSR count). The van der Waals surface area contributed by atoms with Crippen molar-refractivity contribution in [1.82, 2.24) is 4.98 Å². The van der Waals surface area contributed by atoms with E-state index in [1.807, 2.05) is 0 Å². The highest BCUT2D eigenvalue weighted by atomic mass is 32.2. The van der Waals surface area contributed by atoms with Crippen molar-refractivity contribution in [2.75, 3.05) is 5.73 Å². The summed E-state index contributed by atoms with van der Waals surface area (Å²) >= 11 is 0. The third-order valence-corrected chi connectivity index (χ3v) is 3.96. The summed E-state index contributed by atoms with van der Waals surface area (Å²) in [5.74, 6) is -0.0976. The van der Waals surface area contributed by atoms with Gasteiger partial charge in [0.2, 0.25) is 0 Å². The van der Waals surface area contributed by atoms with Gasteiger partial charge in [-0.25, -0.2) is 13.6 Å². The highest BCUT2D eigenvalue weighted by Crippen LogP contribution is 2.21. The van der Waals surface area contributed by atoms with E-state index in [1.165, 1.54) is 12.1 Å². The Bertz CT molecular complexity index is 783. The summed E-state index contributed by atoms with van der Waals surface area (Å²) in [4.78, 5) is 4.17. The molecule has 2 aromatic carbocycles. The molecule has 0 bridgehead atoms. The minimum atomic E-state index is -1.42. The molecular weight excluding hydrogens is 279 g/mol. The number of oxazole rings is 1. The third kappa shape index (κ3) is 2.55. The van der Waals surface area contributed by atoms with E-state index >= 15 is 0 Å². The smallest absolute Gasteiger partial charge is 0.288 e. The van der Waals surface area contributed by atoms with E-state index < -0.39 is 10.8 Å². The first-order chi connectivity index (χ1) is 9.61. The second kappa shape index (κ2) is 5.05. The van der Waals surface area contributed by atoms with Crippen LogP contribution in [0.4, 0.5) is 10.1 Å². The third-order valence-electron chi connectivity index (χ3n) is 2.80. The van der Waals surface area contributed by atoms with Crippen molar-refractivity contribution in [3.05, 3.63) is 53.8 Å². The number of halogens is 1. The maximum atomic E-state index is 12.8. The first-order valence-corrected chi connectivity index (χ1v) is 7.22. The summed E-state index contributed by atoms with van der Waals surface area (Å²) in [7, 11) is -1.42. The number of aromatic nitrogens is 1. The van der Waals surface area contributed by atoms with Crippen LogP contribution >= 0.6 is 0 Å². The summed E-state index contributed by atoms with van der Waals surface area (Å²) in [5.41, 5.74) is 8.10. The molecule has 0 aliphatic carbocycles. The number of hydrogen-bond acceptors (Lipinski definition) is 4. The van der Waals surface area contributed by atoms with Gasteiger partial charge in [-0.2, -0.15) is 0 Å². The molecule has 0 aliphatic rings. The monoisotopic (exact) mass is 290 g/mol. The van der Waals surface area contributed by atoms with Gasteiger partial charge in [0.15, 0.2) is 5.58 Å². The van der Waals surface area contributed by atoms with Gasteiger partial charge < -0.3 is 10.2 Å². The zero-order valence-corrected chi connectivity index (χ0v) is 11.2. The summed E-state index contributed by atoms with van der Waals surface area (Å²) in [5, 5.41) is 0.148. The van der Waals surface area contributed by atoms with Crippen LogP contribution in [0, 0.1) is 5.82 Å². The highest BCUT2D eigenvalue weighted by Gasteiger charge is 2.13. The lowest BCUT2D eigenvalue weighted by Gasteiger charge is -1.98. The number of nitrogen functional groups attached to an aromatic ring is 1. The average Bonchev–Trinajstić information content (AvgIpc) is 2.84. The fourth-order valence-corrected chi connectivity index (χ4v) is 2.82. The van der Waals surface area contributed by atoms with E-state index in [1.54, 1.807) is 30.3 Å². The van der Waals surface area contributed by atoms with Gasteiger partial charge >= 0.3 is 0 Å². The molecular formula is C14H11FN2O2S. The van der Waals surface area contributed by atoms with Gasteiger partial charge in [0.1, 0.15) is 22.1 Å². The van der Waals surface area contributed by atoms with Crippen LogP contribution in [0.1, 0.15) is 5.56 Å². The quantitative estimate of drug-likeness (QED) is 0.753. The number of rotatable bonds is 3. The van der Waals surface area contributed by atoms with Gasteiger partial charge in [-0.3, -0.25) is 0 Å². The SMILES string of the molecule is Nc1ccc2oc(S(=O)Cc3ccc(F)cc3)nc2c1. The topological polar surface area (TPSA) is 69.1 Å². The molecule has 102 valence electrons. The maximum Gasteiger partial charge on any atom is 0.288 e. The van der Waals surface area contributed by atoms with Gasteiger partial charge in [0.25, 0.3) is 5.22 Å². The van der Waals surface area contributed by atoms with Crippen molar-refractivity contribution < 1.29 is 13.0 Å². The van der Waals surface area contributed by atoms with Crippen LogP contribution in [0.15, 0.2) is 52.1 Å².